The Morgan fingerprint density at radius 3 is 2.95 bits per heavy atom. The first-order valence-corrected chi connectivity index (χ1v) is 7.01. The van der Waals surface area contributed by atoms with Crippen molar-refractivity contribution < 1.29 is 9.47 Å². The van der Waals surface area contributed by atoms with Crippen molar-refractivity contribution >= 4 is 0 Å². The molecule has 2 atom stereocenters. The number of nitrogens with one attached hydrogen (secondary N) is 1. The number of benzene rings is 1. The molecule has 0 spiro atoms. The minimum atomic E-state index is -0.0970. The minimum absolute atomic E-state index is 0.0970. The number of morpholine rings is 1. The molecule has 106 valence electrons. The van der Waals surface area contributed by atoms with Gasteiger partial charge in [-0.1, -0.05) is 38.1 Å². The second kappa shape index (κ2) is 6.04. The Morgan fingerprint density at radius 2 is 2.26 bits per heavy atom. The first kappa shape index (κ1) is 14.5. The molecule has 0 aliphatic carbocycles. The van der Waals surface area contributed by atoms with Gasteiger partial charge in [0.2, 0.25) is 0 Å². The largest absolute Gasteiger partial charge is 0.380 e. The number of methoxy groups -OCH3 is 1. The van der Waals surface area contributed by atoms with Gasteiger partial charge < -0.3 is 14.8 Å². The summed E-state index contributed by atoms with van der Waals surface area (Å²) in [4.78, 5) is 0. The van der Waals surface area contributed by atoms with Gasteiger partial charge in [0.15, 0.2) is 0 Å². The molecule has 0 bridgehead atoms. The van der Waals surface area contributed by atoms with Crippen LogP contribution in [0.25, 0.3) is 0 Å². The lowest BCUT2D eigenvalue weighted by Crippen LogP contribution is -2.52. The average Bonchev–Trinajstić information content (AvgIpc) is 2.39. The number of ether oxygens (including phenoxy) is 2. The van der Waals surface area contributed by atoms with Crippen molar-refractivity contribution in [1.29, 1.82) is 0 Å². The van der Waals surface area contributed by atoms with Gasteiger partial charge in [-0.05, 0) is 24.0 Å². The smallest absolute Gasteiger partial charge is 0.0957 e. The Hall–Kier alpha value is -0.900. The van der Waals surface area contributed by atoms with Crippen LogP contribution in [-0.2, 0) is 16.1 Å². The molecule has 1 saturated heterocycles. The third-order valence-electron chi connectivity index (χ3n) is 4.07. The van der Waals surface area contributed by atoms with Crippen LogP contribution in [0.5, 0.6) is 0 Å². The van der Waals surface area contributed by atoms with Crippen LogP contribution in [0, 0.1) is 5.92 Å². The van der Waals surface area contributed by atoms with Gasteiger partial charge in [-0.25, -0.2) is 0 Å². The predicted molar refractivity (Wildman–Crippen MR) is 77.1 cm³/mol. The van der Waals surface area contributed by atoms with E-state index < -0.39 is 0 Å². The highest BCUT2D eigenvalue weighted by atomic mass is 16.5. The molecular formula is C16H25NO2. The van der Waals surface area contributed by atoms with Gasteiger partial charge in [-0.15, -0.1) is 0 Å². The minimum Gasteiger partial charge on any atom is -0.380 e. The summed E-state index contributed by atoms with van der Waals surface area (Å²) in [5.74, 6) is 0.491. The molecule has 1 N–H and O–H groups in total. The maximum atomic E-state index is 6.35. The van der Waals surface area contributed by atoms with Gasteiger partial charge in [0, 0.05) is 20.2 Å². The monoisotopic (exact) mass is 263 g/mol. The quantitative estimate of drug-likeness (QED) is 0.906. The standard InChI is InChI=1S/C16H25NO2/c1-12(2)16(3)11-17-9-15(19-16)14-7-5-6-13(8-14)10-18-4/h5-8,12,15,17H,9-11H2,1-4H3. The van der Waals surface area contributed by atoms with Gasteiger partial charge >= 0.3 is 0 Å². The predicted octanol–water partition coefficient (Wildman–Crippen LogP) is 2.91. The molecule has 1 aromatic rings. The fraction of sp³-hybridized carbons (Fsp3) is 0.625. The Kier molecular flexibility index (Phi) is 4.61. The summed E-state index contributed by atoms with van der Waals surface area (Å²) < 4.78 is 11.5. The number of rotatable bonds is 4. The molecule has 1 heterocycles. The second-order valence-corrected chi connectivity index (χ2v) is 5.88. The molecule has 0 amide bonds. The SMILES string of the molecule is COCc1cccc(C2CNCC(C)(C(C)C)O2)c1. The van der Waals surface area contributed by atoms with Gasteiger partial charge in [0.05, 0.1) is 18.3 Å². The van der Waals surface area contributed by atoms with E-state index in [9.17, 15) is 0 Å². The fourth-order valence-corrected chi connectivity index (χ4v) is 2.44. The summed E-state index contributed by atoms with van der Waals surface area (Å²) in [6.45, 7) is 9.06. The van der Waals surface area contributed by atoms with Crippen molar-refractivity contribution in [3.8, 4) is 0 Å². The summed E-state index contributed by atoms with van der Waals surface area (Å²) in [6, 6.07) is 8.48. The first-order chi connectivity index (χ1) is 9.05. The highest BCUT2D eigenvalue weighted by Gasteiger charge is 2.36. The van der Waals surface area contributed by atoms with Crippen molar-refractivity contribution in [3.05, 3.63) is 35.4 Å². The zero-order chi connectivity index (χ0) is 13.9. The van der Waals surface area contributed by atoms with Crippen LogP contribution in [-0.4, -0.2) is 25.8 Å². The van der Waals surface area contributed by atoms with Crippen LogP contribution in [0.1, 0.15) is 38.0 Å². The molecule has 1 aliphatic rings. The molecule has 0 saturated carbocycles. The van der Waals surface area contributed by atoms with Crippen LogP contribution in [0.3, 0.4) is 0 Å². The lowest BCUT2D eigenvalue weighted by Gasteiger charge is -2.42. The van der Waals surface area contributed by atoms with Crippen LogP contribution < -0.4 is 5.32 Å². The van der Waals surface area contributed by atoms with E-state index in [1.807, 2.05) is 0 Å². The molecule has 19 heavy (non-hydrogen) atoms. The van der Waals surface area contributed by atoms with E-state index in [2.05, 4.69) is 50.4 Å². The lowest BCUT2D eigenvalue weighted by molar-refractivity contribution is -0.132. The van der Waals surface area contributed by atoms with Crippen LogP contribution in [0.4, 0.5) is 0 Å². The molecule has 0 aromatic heterocycles. The second-order valence-electron chi connectivity index (χ2n) is 5.88. The zero-order valence-electron chi connectivity index (χ0n) is 12.4. The number of hydrogen-bond donors (Lipinski definition) is 1. The van der Waals surface area contributed by atoms with Crippen molar-refractivity contribution in [1.82, 2.24) is 5.32 Å². The van der Waals surface area contributed by atoms with Crippen LogP contribution >= 0.6 is 0 Å². The third-order valence-corrected chi connectivity index (χ3v) is 4.07. The maximum absolute atomic E-state index is 6.35. The van der Waals surface area contributed by atoms with E-state index in [1.54, 1.807) is 7.11 Å². The van der Waals surface area contributed by atoms with Crippen molar-refractivity contribution in [2.45, 2.75) is 39.1 Å². The highest BCUT2D eigenvalue weighted by molar-refractivity contribution is 5.25. The molecule has 1 fully saturated rings. The maximum Gasteiger partial charge on any atom is 0.0957 e. The summed E-state index contributed by atoms with van der Waals surface area (Å²) >= 11 is 0. The normalized spacial score (nSPS) is 27.7. The summed E-state index contributed by atoms with van der Waals surface area (Å²) in [7, 11) is 1.72. The van der Waals surface area contributed by atoms with Gasteiger partial charge in [-0.2, -0.15) is 0 Å². The zero-order valence-corrected chi connectivity index (χ0v) is 12.4. The third kappa shape index (κ3) is 3.35. The topological polar surface area (TPSA) is 30.5 Å². The molecule has 0 radical (unpaired) electrons. The lowest BCUT2D eigenvalue weighted by atomic mass is 9.89. The van der Waals surface area contributed by atoms with Gasteiger partial charge in [0.25, 0.3) is 0 Å². The van der Waals surface area contributed by atoms with E-state index in [0.717, 1.165) is 13.1 Å². The van der Waals surface area contributed by atoms with Gasteiger partial charge in [0.1, 0.15) is 0 Å². The molecule has 1 aromatic carbocycles. The van der Waals surface area contributed by atoms with E-state index in [4.69, 9.17) is 9.47 Å². The Labute approximate surface area is 116 Å². The first-order valence-electron chi connectivity index (χ1n) is 7.01. The Bertz CT molecular complexity index is 419. The Morgan fingerprint density at radius 1 is 1.47 bits per heavy atom. The van der Waals surface area contributed by atoms with Crippen LogP contribution in [0.2, 0.25) is 0 Å². The molecular weight excluding hydrogens is 238 g/mol. The fourth-order valence-electron chi connectivity index (χ4n) is 2.44. The molecule has 3 heteroatoms. The van der Waals surface area contributed by atoms with Crippen molar-refractivity contribution in [2.75, 3.05) is 20.2 Å². The van der Waals surface area contributed by atoms with E-state index in [1.165, 1.54) is 11.1 Å². The van der Waals surface area contributed by atoms with E-state index in [0.29, 0.717) is 12.5 Å². The highest BCUT2D eigenvalue weighted by Crippen LogP contribution is 2.32. The van der Waals surface area contributed by atoms with Crippen molar-refractivity contribution in [3.63, 3.8) is 0 Å². The van der Waals surface area contributed by atoms with Crippen LogP contribution in [0.15, 0.2) is 24.3 Å². The Balaban J connectivity index is 2.15. The average molecular weight is 263 g/mol. The molecule has 2 rings (SSSR count). The van der Waals surface area contributed by atoms with Crippen molar-refractivity contribution in [2.24, 2.45) is 5.92 Å². The van der Waals surface area contributed by atoms with E-state index in [-0.39, 0.29) is 11.7 Å². The number of hydrogen-bond acceptors (Lipinski definition) is 3. The summed E-state index contributed by atoms with van der Waals surface area (Å²) in [6.07, 6.45) is 0.123. The van der Waals surface area contributed by atoms with Gasteiger partial charge in [-0.3, -0.25) is 0 Å². The molecule has 3 nitrogen and oxygen atoms in total. The van der Waals surface area contributed by atoms with E-state index >= 15 is 0 Å². The summed E-state index contributed by atoms with van der Waals surface area (Å²) in [5.41, 5.74) is 2.33. The molecule has 1 aliphatic heterocycles. The summed E-state index contributed by atoms with van der Waals surface area (Å²) in [5, 5.41) is 3.50. The molecule has 2 unspecified atom stereocenters.